The van der Waals surface area contributed by atoms with Gasteiger partial charge in [-0.1, -0.05) is 67.5 Å². The lowest BCUT2D eigenvalue weighted by atomic mass is 9.84. The first-order valence-corrected chi connectivity index (χ1v) is 25.9. The van der Waals surface area contributed by atoms with E-state index in [4.69, 9.17) is 23.6 Å². The Morgan fingerprint density at radius 1 is 0.939 bits per heavy atom. The molecule has 14 heteroatoms. The first kappa shape index (κ1) is 52.2. The van der Waals surface area contributed by atoms with Crippen molar-refractivity contribution < 1.29 is 38.1 Å². The van der Waals surface area contributed by atoms with Gasteiger partial charge in [0.25, 0.3) is 14.2 Å². The molecule has 0 saturated carbocycles. The molecule has 3 heterocycles. The minimum atomic E-state index is -2.49. The largest absolute Gasteiger partial charge is 0.543 e. The Hall–Kier alpha value is -4.76. The minimum absolute atomic E-state index is 0.00273. The van der Waals surface area contributed by atoms with E-state index in [1.807, 2.05) is 19.1 Å². The van der Waals surface area contributed by atoms with Crippen LogP contribution in [0.25, 0.3) is 33.3 Å². The van der Waals surface area contributed by atoms with E-state index in [0.717, 1.165) is 50.1 Å². The Balaban J connectivity index is 1.75. The van der Waals surface area contributed by atoms with Crippen molar-refractivity contribution in [3.05, 3.63) is 71.5 Å². The number of hydrogen-bond donors (Lipinski definition) is 3. The normalized spacial score (nSPS) is 15.9. The molecule has 0 spiro atoms. The fraction of sp³-hybridized carbons (Fsp3) is 0.577. The number of esters is 1. The summed E-state index contributed by atoms with van der Waals surface area (Å²) in [6, 6.07) is 15.0. The van der Waals surface area contributed by atoms with Crippen LogP contribution >= 0.6 is 0 Å². The van der Waals surface area contributed by atoms with E-state index in [9.17, 15) is 19.5 Å². The summed E-state index contributed by atoms with van der Waals surface area (Å²) in [7, 11) is 0.531. The number of hydrogen-bond acceptors (Lipinski definition) is 10. The zero-order chi connectivity index (χ0) is 48.9. The van der Waals surface area contributed by atoms with Crippen LogP contribution in [0.15, 0.2) is 54.7 Å². The number of carbonyl (C=O) groups excluding carboxylic acids is 3. The molecule has 5 rings (SSSR count). The maximum Gasteiger partial charge on any atom is 0.408 e. The van der Waals surface area contributed by atoms with Gasteiger partial charge >= 0.3 is 12.1 Å². The second kappa shape index (κ2) is 21.5. The van der Waals surface area contributed by atoms with E-state index < -0.39 is 49.4 Å². The van der Waals surface area contributed by atoms with E-state index in [0.29, 0.717) is 54.7 Å². The number of nitrogens with one attached hydrogen (secondary N) is 2. The van der Waals surface area contributed by atoms with Crippen molar-refractivity contribution in [1.29, 1.82) is 0 Å². The van der Waals surface area contributed by atoms with E-state index in [-0.39, 0.29) is 19.1 Å². The molecule has 1 saturated heterocycles. The van der Waals surface area contributed by atoms with Crippen LogP contribution < -0.4 is 15.2 Å². The molecular formula is C52H77N5O8Si. The van der Waals surface area contributed by atoms with E-state index in [1.54, 1.807) is 34.1 Å². The summed E-state index contributed by atoms with van der Waals surface area (Å²) in [4.78, 5) is 45.5. The molecule has 0 aliphatic carbocycles. The van der Waals surface area contributed by atoms with Crippen LogP contribution in [0.4, 0.5) is 4.79 Å². The highest BCUT2D eigenvalue weighted by molar-refractivity contribution is 6.78. The number of aryl methyl sites for hydroxylation is 1. The number of aliphatic hydroxyl groups is 1. The third-order valence-corrected chi connectivity index (χ3v) is 19.1. The smallest absolute Gasteiger partial charge is 0.408 e. The maximum atomic E-state index is 14.6. The van der Waals surface area contributed by atoms with Crippen molar-refractivity contribution in [2.24, 2.45) is 5.41 Å². The fourth-order valence-electron chi connectivity index (χ4n) is 9.90. The van der Waals surface area contributed by atoms with Gasteiger partial charge in [0.05, 0.1) is 24.6 Å². The van der Waals surface area contributed by atoms with Crippen molar-refractivity contribution in [3.8, 4) is 28.1 Å². The Kier molecular flexibility index (Phi) is 17.0. The summed E-state index contributed by atoms with van der Waals surface area (Å²) in [6.07, 6.45) is 2.62. The Morgan fingerprint density at radius 2 is 1.62 bits per heavy atom. The summed E-state index contributed by atoms with van der Waals surface area (Å²) in [6.45, 7) is 28.2. The van der Waals surface area contributed by atoms with Gasteiger partial charge < -0.3 is 33.6 Å². The number of fused-ring (bicyclic) bond motifs is 1. The number of carbonyl (C=O) groups is 3. The highest BCUT2D eigenvalue weighted by Crippen LogP contribution is 2.45. The van der Waals surface area contributed by atoms with Crippen LogP contribution in [0.5, 0.6) is 5.75 Å². The van der Waals surface area contributed by atoms with Gasteiger partial charge in [-0.3, -0.25) is 19.6 Å². The fourth-order valence-corrected chi connectivity index (χ4v) is 15.1. The Morgan fingerprint density at radius 3 is 2.21 bits per heavy atom. The molecule has 0 radical (unpaired) electrons. The molecule has 2 aromatic carbocycles. The molecule has 2 amide bonds. The number of ether oxygens (including phenoxy) is 3. The van der Waals surface area contributed by atoms with Crippen LogP contribution in [0, 0.1) is 5.41 Å². The molecule has 4 aromatic rings. The SMILES string of the molecule is CCn1c(-c2cccnc2[C@H](C)OC)c(CC(C)(C)CO)c2cc(-c3cc(C[C@H](NC(=O)OC(C)(C)C)C(=O)N4CCC[C@@H](C(=O)OC)N4)cc(O[Si](C(C)C)(C(C)C)C(C)C)c3)ccc21. The van der Waals surface area contributed by atoms with Crippen molar-refractivity contribution in [3.63, 3.8) is 0 Å². The lowest BCUT2D eigenvalue weighted by Gasteiger charge is -2.42. The molecule has 1 fully saturated rings. The van der Waals surface area contributed by atoms with Crippen molar-refractivity contribution in [2.75, 3.05) is 27.4 Å². The topological polar surface area (TPSA) is 153 Å². The molecule has 1 aliphatic rings. The van der Waals surface area contributed by atoms with Crippen molar-refractivity contribution in [1.82, 2.24) is 25.3 Å². The number of amides is 2. The van der Waals surface area contributed by atoms with E-state index >= 15 is 0 Å². The Bertz CT molecular complexity index is 2310. The van der Waals surface area contributed by atoms with E-state index in [1.165, 1.54) is 12.1 Å². The molecule has 66 heavy (non-hydrogen) atoms. The van der Waals surface area contributed by atoms with Crippen LogP contribution in [0.1, 0.15) is 126 Å². The minimum Gasteiger partial charge on any atom is -0.543 e. The van der Waals surface area contributed by atoms with Gasteiger partial charge in [0, 0.05) is 55.9 Å². The van der Waals surface area contributed by atoms with Gasteiger partial charge in [0.2, 0.25) is 0 Å². The van der Waals surface area contributed by atoms with Gasteiger partial charge in [-0.2, -0.15) is 0 Å². The summed E-state index contributed by atoms with van der Waals surface area (Å²) < 4.78 is 26.3. The third kappa shape index (κ3) is 11.7. The van der Waals surface area contributed by atoms with Crippen LogP contribution in [0.2, 0.25) is 16.6 Å². The molecule has 13 nitrogen and oxygen atoms in total. The number of aromatic nitrogens is 2. The predicted molar refractivity (Wildman–Crippen MR) is 265 cm³/mol. The van der Waals surface area contributed by atoms with Gasteiger partial charge in [-0.25, -0.2) is 10.2 Å². The summed E-state index contributed by atoms with van der Waals surface area (Å²) in [5, 5.41) is 16.0. The average Bonchev–Trinajstić information content (AvgIpc) is 3.57. The summed E-state index contributed by atoms with van der Waals surface area (Å²) in [5.74, 6) is -0.155. The van der Waals surface area contributed by atoms with E-state index in [2.05, 4.69) is 114 Å². The molecular weight excluding hydrogens is 851 g/mol. The molecule has 3 N–H and O–H groups in total. The van der Waals surface area contributed by atoms with Crippen molar-refractivity contribution in [2.45, 2.75) is 163 Å². The van der Waals surface area contributed by atoms with Crippen LogP contribution in [-0.2, 0) is 43.2 Å². The third-order valence-electron chi connectivity index (χ3n) is 13.1. The highest BCUT2D eigenvalue weighted by Gasteiger charge is 2.47. The zero-order valence-electron chi connectivity index (χ0n) is 42.3. The first-order valence-electron chi connectivity index (χ1n) is 23.7. The van der Waals surface area contributed by atoms with Crippen LogP contribution in [0.3, 0.4) is 0 Å². The van der Waals surface area contributed by atoms with Crippen LogP contribution in [-0.4, -0.2) is 91.0 Å². The standard InChI is InChI=1S/C52H77N5O8Si/c1-16-56-45-22-21-37(29-41(45)42(30-52(12,13)31-58)47(56)40-19-17-23-53-46(40)35(8)62-14)38-25-36(26-39(28-38)65-66(32(2)3,33(4)5)34(6)7)27-44(54-50(61)64-51(9,10)11)48(59)57-24-18-20-43(55-57)49(60)63-15/h17,19,21-23,25-26,28-29,32-35,43-44,55,58H,16,18,20,24,27,30-31H2,1-15H3,(H,54,61)/t35-,43-,44-/m0/s1. The van der Waals surface area contributed by atoms with Gasteiger partial charge in [0.1, 0.15) is 23.4 Å². The molecule has 1 aliphatic heterocycles. The van der Waals surface area contributed by atoms with Gasteiger partial charge in [0.15, 0.2) is 0 Å². The molecule has 0 bridgehead atoms. The molecule has 362 valence electrons. The first-order chi connectivity index (χ1) is 31.0. The average molecular weight is 928 g/mol. The Labute approximate surface area is 394 Å². The predicted octanol–water partition coefficient (Wildman–Crippen LogP) is 10.3. The monoisotopic (exact) mass is 928 g/mol. The number of alkyl carbamates (subject to hydrolysis) is 1. The summed E-state index contributed by atoms with van der Waals surface area (Å²) >= 11 is 0. The zero-order valence-corrected chi connectivity index (χ0v) is 43.3. The van der Waals surface area contributed by atoms with Crippen molar-refractivity contribution >= 4 is 37.2 Å². The van der Waals surface area contributed by atoms with Gasteiger partial charge in [-0.15, -0.1) is 0 Å². The number of aliphatic hydroxyl groups excluding tert-OH is 1. The lowest BCUT2D eigenvalue weighted by Crippen LogP contribution is -2.60. The number of rotatable bonds is 18. The second-order valence-corrected chi connectivity index (χ2v) is 26.0. The maximum absolute atomic E-state index is 14.6. The highest BCUT2D eigenvalue weighted by atomic mass is 28.4. The second-order valence-electron chi connectivity index (χ2n) is 20.6. The van der Waals surface area contributed by atoms with Gasteiger partial charge in [-0.05, 0) is 135 Å². The number of methoxy groups -OCH3 is 2. The summed E-state index contributed by atoms with van der Waals surface area (Å²) in [5.41, 5.74) is 10.3. The number of hydrazine groups is 1. The number of benzene rings is 2. The lowest BCUT2D eigenvalue weighted by molar-refractivity contribution is -0.150. The molecule has 0 unspecified atom stereocenters. The molecule has 3 atom stereocenters. The quantitative estimate of drug-likeness (QED) is 0.0649. The number of nitrogens with zero attached hydrogens (tertiary/aromatic N) is 3. The molecule has 2 aromatic heterocycles. The number of pyridine rings is 1.